The molecule has 0 aliphatic carbocycles. The number of hydrogen-bond donors (Lipinski definition) is 1. The highest BCUT2D eigenvalue weighted by atomic mass is 19.1. The summed E-state index contributed by atoms with van der Waals surface area (Å²) in [7, 11) is 0. The fraction of sp³-hybridized carbons (Fsp3) is 0.400. The molecular formula is C10H12FNO3. The van der Waals surface area contributed by atoms with Crippen molar-refractivity contribution < 1.29 is 19.0 Å². The second-order valence-electron chi connectivity index (χ2n) is 3.02. The van der Waals surface area contributed by atoms with Gasteiger partial charge in [-0.3, -0.25) is 4.98 Å². The molecule has 0 radical (unpaired) electrons. The van der Waals surface area contributed by atoms with Crippen LogP contribution in [-0.4, -0.2) is 22.4 Å². The van der Waals surface area contributed by atoms with E-state index < -0.39 is 12.3 Å². The standard InChI is InChI=1S/C10H12FNO3/c1-3-7-8(5-4-6(2)12-7)15-9(11)10(13)14/h4-5,9H,3H2,1-2H3,(H,13,14). The number of rotatable bonds is 4. The van der Waals surface area contributed by atoms with Crippen LogP contribution in [0.5, 0.6) is 5.75 Å². The third kappa shape index (κ3) is 2.90. The molecule has 1 aromatic rings. The van der Waals surface area contributed by atoms with Crippen molar-refractivity contribution in [3.8, 4) is 5.75 Å². The highest BCUT2D eigenvalue weighted by molar-refractivity contribution is 5.70. The molecular weight excluding hydrogens is 201 g/mol. The number of carboxylic acids is 1. The predicted octanol–water partition coefficient (Wildman–Crippen LogP) is 1.71. The highest BCUT2D eigenvalue weighted by Gasteiger charge is 2.18. The van der Waals surface area contributed by atoms with Crippen LogP contribution in [0.4, 0.5) is 4.39 Å². The summed E-state index contributed by atoms with van der Waals surface area (Å²) < 4.78 is 17.4. The lowest BCUT2D eigenvalue weighted by Crippen LogP contribution is -2.22. The van der Waals surface area contributed by atoms with E-state index in [1.165, 1.54) is 6.07 Å². The summed E-state index contributed by atoms with van der Waals surface area (Å²) in [5, 5.41) is 8.34. The first kappa shape index (κ1) is 11.4. The van der Waals surface area contributed by atoms with Crippen molar-refractivity contribution in [1.29, 1.82) is 0 Å². The number of pyridine rings is 1. The number of nitrogens with zero attached hydrogens (tertiary/aromatic N) is 1. The maximum atomic E-state index is 12.8. The summed E-state index contributed by atoms with van der Waals surface area (Å²) in [6.07, 6.45) is -1.79. The van der Waals surface area contributed by atoms with Gasteiger partial charge < -0.3 is 9.84 Å². The van der Waals surface area contributed by atoms with Gasteiger partial charge in [0.25, 0.3) is 0 Å². The zero-order valence-electron chi connectivity index (χ0n) is 8.53. The van der Waals surface area contributed by atoms with E-state index in [1.807, 2.05) is 6.92 Å². The summed E-state index contributed by atoms with van der Waals surface area (Å²) in [4.78, 5) is 14.4. The SMILES string of the molecule is CCc1nc(C)ccc1OC(F)C(=O)O. The molecule has 1 N–H and O–H groups in total. The van der Waals surface area contributed by atoms with Gasteiger partial charge in [-0.25, -0.2) is 4.79 Å². The Bertz CT molecular complexity index is 368. The Morgan fingerprint density at radius 2 is 2.33 bits per heavy atom. The zero-order chi connectivity index (χ0) is 11.4. The van der Waals surface area contributed by atoms with Gasteiger partial charge in [0.1, 0.15) is 5.75 Å². The number of carbonyl (C=O) groups is 1. The van der Waals surface area contributed by atoms with Crippen molar-refractivity contribution in [3.05, 3.63) is 23.5 Å². The van der Waals surface area contributed by atoms with Crippen molar-refractivity contribution in [2.45, 2.75) is 26.6 Å². The average molecular weight is 213 g/mol. The number of ether oxygens (including phenoxy) is 1. The minimum Gasteiger partial charge on any atom is -0.476 e. The fourth-order valence-corrected chi connectivity index (χ4v) is 1.12. The van der Waals surface area contributed by atoms with Crippen LogP contribution in [0.1, 0.15) is 18.3 Å². The normalized spacial score (nSPS) is 12.2. The number of carboxylic acid groups (broad SMARTS) is 1. The second-order valence-corrected chi connectivity index (χ2v) is 3.02. The maximum Gasteiger partial charge on any atom is 0.378 e. The maximum absolute atomic E-state index is 12.8. The second kappa shape index (κ2) is 4.72. The number of halogens is 1. The number of aliphatic carboxylic acids is 1. The molecule has 1 unspecified atom stereocenters. The Hall–Kier alpha value is -1.65. The summed E-state index contributed by atoms with van der Waals surface area (Å²) in [6.45, 7) is 3.63. The molecule has 0 aromatic carbocycles. The van der Waals surface area contributed by atoms with E-state index in [0.29, 0.717) is 12.1 Å². The monoisotopic (exact) mass is 213 g/mol. The van der Waals surface area contributed by atoms with Crippen LogP contribution in [0.2, 0.25) is 0 Å². The predicted molar refractivity (Wildman–Crippen MR) is 51.5 cm³/mol. The van der Waals surface area contributed by atoms with Gasteiger partial charge in [-0.15, -0.1) is 0 Å². The van der Waals surface area contributed by atoms with Crippen molar-refractivity contribution in [2.24, 2.45) is 0 Å². The van der Waals surface area contributed by atoms with Gasteiger partial charge in [0, 0.05) is 5.69 Å². The molecule has 82 valence electrons. The summed E-state index contributed by atoms with van der Waals surface area (Å²) in [5.41, 5.74) is 1.34. The van der Waals surface area contributed by atoms with Crippen LogP contribution in [-0.2, 0) is 11.2 Å². The molecule has 1 aromatic heterocycles. The van der Waals surface area contributed by atoms with Gasteiger partial charge in [-0.2, -0.15) is 4.39 Å². The summed E-state index contributed by atoms with van der Waals surface area (Å²) in [6, 6.07) is 3.17. The van der Waals surface area contributed by atoms with E-state index >= 15 is 0 Å². The minimum absolute atomic E-state index is 0.179. The Morgan fingerprint density at radius 1 is 1.67 bits per heavy atom. The molecule has 15 heavy (non-hydrogen) atoms. The molecule has 1 atom stereocenters. The van der Waals surface area contributed by atoms with E-state index in [-0.39, 0.29) is 5.75 Å². The van der Waals surface area contributed by atoms with Crippen LogP contribution < -0.4 is 4.74 Å². The Morgan fingerprint density at radius 3 is 2.87 bits per heavy atom. The number of hydrogen-bond acceptors (Lipinski definition) is 3. The molecule has 0 aliphatic heterocycles. The van der Waals surface area contributed by atoms with Crippen molar-refractivity contribution >= 4 is 5.97 Å². The van der Waals surface area contributed by atoms with Gasteiger partial charge >= 0.3 is 12.3 Å². The molecule has 1 heterocycles. The van der Waals surface area contributed by atoms with E-state index in [9.17, 15) is 9.18 Å². The zero-order valence-corrected chi connectivity index (χ0v) is 8.53. The van der Waals surface area contributed by atoms with Crippen LogP contribution >= 0.6 is 0 Å². The van der Waals surface area contributed by atoms with Crippen molar-refractivity contribution in [2.75, 3.05) is 0 Å². The van der Waals surface area contributed by atoms with E-state index in [2.05, 4.69) is 9.72 Å². The molecule has 5 heteroatoms. The van der Waals surface area contributed by atoms with Crippen LogP contribution in [0.15, 0.2) is 12.1 Å². The lowest BCUT2D eigenvalue weighted by atomic mass is 10.2. The van der Waals surface area contributed by atoms with Gasteiger partial charge in [0.05, 0.1) is 5.69 Å². The van der Waals surface area contributed by atoms with E-state index in [0.717, 1.165) is 5.69 Å². The molecule has 0 spiro atoms. The van der Waals surface area contributed by atoms with Crippen LogP contribution in [0.3, 0.4) is 0 Å². The van der Waals surface area contributed by atoms with Crippen LogP contribution in [0.25, 0.3) is 0 Å². The van der Waals surface area contributed by atoms with E-state index in [1.54, 1.807) is 13.0 Å². The molecule has 0 saturated heterocycles. The molecule has 0 saturated carbocycles. The molecule has 1 rings (SSSR count). The Balaban J connectivity index is 2.89. The molecule has 0 bridgehead atoms. The largest absolute Gasteiger partial charge is 0.476 e. The van der Waals surface area contributed by atoms with Crippen LogP contribution in [0, 0.1) is 6.92 Å². The van der Waals surface area contributed by atoms with Gasteiger partial charge in [0.2, 0.25) is 0 Å². The first-order chi connectivity index (χ1) is 7.04. The van der Waals surface area contributed by atoms with Crippen molar-refractivity contribution in [1.82, 2.24) is 4.98 Å². The van der Waals surface area contributed by atoms with Gasteiger partial charge in [-0.05, 0) is 25.5 Å². The number of alkyl halides is 1. The first-order valence-electron chi connectivity index (χ1n) is 4.54. The topological polar surface area (TPSA) is 59.4 Å². The summed E-state index contributed by atoms with van der Waals surface area (Å²) in [5.74, 6) is -1.46. The number of aryl methyl sites for hydroxylation is 2. The van der Waals surface area contributed by atoms with E-state index in [4.69, 9.17) is 5.11 Å². The number of aromatic nitrogens is 1. The lowest BCUT2D eigenvalue weighted by molar-refractivity contribution is -0.153. The molecule has 0 amide bonds. The molecule has 4 nitrogen and oxygen atoms in total. The average Bonchev–Trinajstić information content (AvgIpc) is 2.20. The third-order valence-electron chi connectivity index (χ3n) is 1.83. The summed E-state index contributed by atoms with van der Waals surface area (Å²) >= 11 is 0. The van der Waals surface area contributed by atoms with Gasteiger partial charge in [0.15, 0.2) is 0 Å². The van der Waals surface area contributed by atoms with Crippen molar-refractivity contribution in [3.63, 3.8) is 0 Å². The Kier molecular flexibility index (Phi) is 3.60. The molecule has 0 fully saturated rings. The Labute approximate surface area is 86.7 Å². The first-order valence-corrected chi connectivity index (χ1v) is 4.54. The quantitative estimate of drug-likeness (QED) is 0.827. The minimum atomic E-state index is -2.35. The molecule has 0 aliphatic rings. The highest BCUT2D eigenvalue weighted by Crippen LogP contribution is 2.19. The lowest BCUT2D eigenvalue weighted by Gasteiger charge is -2.10. The van der Waals surface area contributed by atoms with Gasteiger partial charge in [-0.1, -0.05) is 6.92 Å². The smallest absolute Gasteiger partial charge is 0.378 e. The fourth-order valence-electron chi connectivity index (χ4n) is 1.12. The third-order valence-corrected chi connectivity index (χ3v) is 1.83.